The standard InChI is InChI=1S/C20H19F2NO3/c1-12-8-15(20(25)26)11-23(10-12)19(24)17-7-4-14(9-18(17)22)13-2-5-16(21)6-3-13/h2-7,9,12,15H,8,10-11H2,1H3,(H,25,26). The lowest BCUT2D eigenvalue weighted by molar-refractivity contribution is -0.143. The molecule has 1 N–H and O–H groups in total. The van der Waals surface area contributed by atoms with E-state index >= 15 is 0 Å². The third-order valence-corrected chi connectivity index (χ3v) is 4.67. The average Bonchev–Trinajstić information content (AvgIpc) is 2.61. The van der Waals surface area contributed by atoms with Gasteiger partial charge in [0.2, 0.25) is 0 Å². The Morgan fingerprint density at radius 2 is 1.69 bits per heavy atom. The Kier molecular flexibility index (Phi) is 5.02. The third kappa shape index (κ3) is 3.74. The van der Waals surface area contributed by atoms with Gasteiger partial charge >= 0.3 is 5.97 Å². The van der Waals surface area contributed by atoms with Crippen LogP contribution in [-0.2, 0) is 4.79 Å². The number of benzene rings is 2. The van der Waals surface area contributed by atoms with Crippen molar-refractivity contribution in [2.24, 2.45) is 11.8 Å². The first-order valence-electron chi connectivity index (χ1n) is 8.42. The van der Waals surface area contributed by atoms with Gasteiger partial charge in [-0.15, -0.1) is 0 Å². The summed E-state index contributed by atoms with van der Waals surface area (Å²) in [5.74, 6) is -3.11. The normalized spacial score (nSPS) is 20.0. The minimum absolute atomic E-state index is 0.0374. The number of piperidine rings is 1. The van der Waals surface area contributed by atoms with Gasteiger partial charge in [-0.25, -0.2) is 8.78 Å². The van der Waals surface area contributed by atoms with Crippen LogP contribution in [0.4, 0.5) is 8.78 Å². The Morgan fingerprint density at radius 3 is 2.31 bits per heavy atom. The van der Waals surface area contributed by atoms with Crippen LogP contribution in [0.3, 0.4) is 0 Å². The summed E-state index contributed by atoms with van der Waals surface area (Å²) < 4.78 is 27.5. The second-order valence-corrected chi connectivity index (χ2v) is 6.79. The van der Waals surface area contributed by atoms with Gasteiger partial charge in [-0.1, -0.05) is 25.1 Å². The molecule has 2 unspecified atom stereocenters. The highest BCUT2D eigenvalue weighted by Crippen LogP contribution is 2.26. The van der Waals surface area contributed by atoms with E-state index in [1.54, 1.807) is 6.07 Å². The van der Waals surface area contributed by atoms with Gasteiger partial charge in [-0.3, -0.25) is 9.59 Å². The second kappa shape index (κ2) is 7.23. The van der Waals surface area contributed by atoms with Gasteiger partial charge in [0, 0.05) is 13.1 Å². The molecule has 6 heteroatoms. The molecule has 1 fully saturated rings. The highest BCUT2D eigenvalue weighted by molar-refractivity contribution is 5.95. The molecule has 2 aromatic rings. The fraction of sp³-hybridized carbons (Fsp3) is 0.300. The molecular formula is C20H19F2NO3. The quantitative estimate of drug-likeness (QED) is 0.907. The van der Waals surface area contributed by atoms with E-state index in [0.29, 0.717) is 24.1 Å². The maximum atomic E-state index is 14.5. The highest BCUT2D eigenvalue weighted by Gasteiger charge is 2.33. The summed E-state index contributed by atoms with van der Waals surface area (Å²) in [6, 6.07) is 9.88. The molecule has 1 saturated heterocycles. The van der Waals surface area contributed by atoms with Crippen molar-refractivity contribution < 1.29 is 23.5 Å². The maximum absolute atomic E-state index is 14.5. The Balaban J connectivity index is 1.83. The van der Waals surface area contributed by atoms with Crippen LogP contribution in [0, 0.1) is 23.5 Å². The number of nitrogens with zero attached hydrogens (tertiary/aromatic N) is 1. The van der Waals surface area contributed by atoms with Gasteiger partial charge in [0.15, 0.2) is 0 Å². The summed E-state index contributed by atoms with van der Waals surface area (Å²) in [6.45, 7) is 2.36. The van der Waals surface area contributed by atoms with Crippen molar-refractivity contribution in [3.05, 3.63) is 59.7 Å². The Bertz CT molecular complexity index is 835. The lowest BCUT2D eigenvalue weighted by atomic mass is 9.90. The van der Waals surface area contributed by atoms with Crippen LogP contribution in [-0.4, -0.2) is 35.0 Å². The van der Waals surface area contributed by atoms with Crippen molar-refractivity contribution in [2.75, 3.05) is 13.1 Å². The molecule has 136 valence electrons. The molecule has 0 aromatic heterocycles. The Hall–Kier alpha value is -2.76. The molecule has 0 aliphatic carbocycles. The summed E-state index contributed by atoms with van der Waals surface area (Å²) >= 11 is 0. The number of carbonyl (C=O) groups excluding carboxylic acids is 1. The molecule has 2 atom stereocenters. The summed E-state index contributed by atoms with van der Waals surface area (Å²) in [5, 5.41) is 9.22. The van der Waals surface area contributed by atoms with E-state index in [0.717, 1.165) is 0 Å². The van der Waals surface area contributed by atoms with Crippen LogP contribution >= 0.6 is 0 Å². The number of hydrogen-bond acceptors (Lipinski definition) is 2. The number of amides is 1. The molecule has 1 aliphatic heterocycles. The van der Waals surface area contributed by atoms with Gasteiger partial charge in [0.1, 0.15) is 11.6 Å². The maximum Gasteiger partial charge on any atom is 0.308 e. The minimum atomic E-state index is -0.943. The summed E-state index contributed by atoms with van der Waals surface area (Å²) in [4.78, 5) is 25.3. The van der Waals surface area contributed by atoms with Crippen molar-refractivity contribution in [1.29, 1.82) is 0 Å². The van der Waals surface area contributed by atoms with E-state index in [2.05, 4.69) is 0 Å². The zero-order chi connectivity index (χ0) is 18.8. The Labute approximate surface area is 150 Å². The molecule has 4 nitrogen and oxygen atoms in total. The SMILES string of the molecule is CC1CC(C(=O)O)CN(C(=O)c2ccc(-c3ccc(F)cc3)cc2F)C1. The second-order valence-electron chi connectivity index (χ2n) is 6.79. The zero-order valence-corrected chi connectivity index (χ0v) is 14.3. The first-order chi connectivity index (χ1) is 12.3. The van der Waals surface area contributed by atoms with E-state index in [1.807, 2.05) is 6.92 Å². The van der Waals surface area contributed by atoms with Crippen LogP contribution in [0.1, 0.15) is 23.7 Å². The predicted molar refractivity (Wildman–Crippen MR) is 92.6 cm³/mol. The molecule has 3 rings (SSSR count). The number of carboxylic acid groups (broad SMARTS) is 1. The average molecular weight is 359 g/mol. The highest BCUT2D eigenvalue weighted by atomic mass is 19.1. The minimum Gasteiger partial charge on any atom is -0.481 e. The molecule has 26 heavy (non-hydrogen) atoms. The molecule has 2 aromatic carbocycles. The van der Waals surface area contributed by atoms with Crippen LogP contribution < -0.4 is 0 Å². The van der Waals surface area contributed by atoms with Crippen LogP contribution in [0.25, 0.3) is 11.1 Å². The Morgan fingerprint density at radius 1 is 1.04 bits per heavy atom. The largest absolute Gasteiger partial charge is 0.481 e. The van der Waals surface area contributed by atoms with Crippen LogP contribution in [0.2, 0.25) is 0 Å². The number of halogens is 2. The van der Waals surface area contributed by atoms with E-state index in [9.17, 15) is 23.5 Å². The molecule has 0 saturated carbocycles. The molecule has 1 amide bonds. The van der Waals surface area contributed by atoms with Gasteiger partial charge in [0.05, 0.1) is 11.5 Å². The summed E-state index contributed by atoms with van der Waals surface area (Å²) in [6.07, 6.45) is 0.505. The van der Waals surface area contributed by atoms with Crippen LogP contribution in [0.5, 0.6) is 0 Å². The topological polar surface area (TPSA) is 57.6 Å². The molecule has 1 aliphatic rings. The van der Waals surface area contributed by atoms with Gasteiger partial charge < -0.3 is 10.0 Å². The number of carbonyl (C=O) groups is 2. The number of likely N-dealkylation sites (tertiary alicyclic amines) is 1. The molecule has 0 radical (unpaired) electrons. The first kappa shape index (κ1) is 18.0. The van der Waals surface area contributed by atoms with Gasteiger partial charge in [-0.05, 0) is 47.7 Å². The van der Waals surface area contributed by atoms with Gasteiger partial charge in [-0.2, -0.15) is 0 Å². The molecule has 0 spiro atoms. The predicted octanol–water partition coefficient (Wildman–Crippen LogP) is 3.81. The summed E-state index contributed by atoms with van der Waals surface area (Å²) in [7, 11) is 0. The van der Waals surface area contributed by atoms with Crippen molar-refractivity contribution in [3.63, 3.8) is 0 Å². The lowest BCUT2D eigenvalue weighted by Crippen LogP contribution is -2.45. The smallest absolute Gasteiger partial charge is 0.308 e. The monoisotopic (exact) mass is 359 g/mol. The third-order valence-electron chi connectivity index (χ3n) is 4.67. The zero-order valence-electron chi connectivity index (χ0n) is 14.3. The number of carboxylic acids is 1. The van der Waals surface area contributed by atoms with Crippen molar-refractivity contribution in [1.82, 2.24) is 4.90 Å². The fourth-order valence-corrected chi connectivity index (χ4v) is 3.38. The fourth-order valence-electron chi connectivity index (χ4n) is 3.38. The number of hydrogen-bond donors (Lipinski definition) is 1. The first-order valence-corrected chi connectivity index (χ1v) is 8.42. The molecule has 1 heterocycles. The lowest BCUT2D eigenvalue weighted by Gasteiger charge is -2.34. The summed E-state index contributed by atoms with van der Waals surface area (Å²) in [5.41, 5.74) is 1.09. The van der Waals surface area contributed by atoms with E-state index in [-0.39, 0.29) is 23.8 Å². The van der Waals surface area contributed by atoms with Crippen molar-refractivity contribution in [2.45, 2.75) is 13.3 Å². The van der Waals surface area contributed by atoms with Crippen LogP contribution in [0.15, 0.2) is 42.5 Å². The van der Waals surface area contributed by atoms with Crippen molar-refractivity contribution >= 4 is 11.9 Å². The van der Waals surface area contributed by atoms with E-state index in [4.69, 9.17) is 0 Å². The van der Waals surface area contributed by atoms with Crippen molar-refractivity contribution in [3.8, 4) is 11.1 Å². The van der Waals surface area contributed by atoms with E-state index < -0.39 is 23.6 Å². The molecular weight excluding hydrogens is 340 g/mol. The molecule has 0 bridgehead atoms. The number of rotatable bonds is 3. The number of aliphatic carboxylic acids is 1. The van der Waals surface area contributed by atoms with Gasteiger partial charge in [0.25, 0.3) is 5.91 Å². The van der Waals surface area contributed by atoms with E-state index in [1.165, 1.54) is 41.3 Å².